The van der Waals surface area contributed by atoms with E-state index in [1.807, 2.05) is 12.4 Å². The van der Waals surface area contributed by atoms with E-state index < -0.39 is 0 Å². The van der Waals surface area contributed by atoms with Gasteiger partial charge in [0.25, 0.3) is 0 Å². The monoisotopic (exact) mass is 221 g/mol. The number of hydrogen-bond acceptors (Lipinski definition) is 4. The zero-order valence-corrected chi connectivity index (χ0v) is 10.1. The van der Waals surface area contributed by atoms with Crippen molar-refractivity contribution >= 4 is 5.69 Å². The van der Waals surface area contributed by atoms with E-state index in [1.54, 1.807) is 0 Å². The summed E-state index contributed by atoms with van der Waals surface area (Å²) in [6.07, 6.45) is 4.33. The van der Waals surface area contributed by atoms with Gasteiger partial charge in [-0.25, -0.2) is 9.97 Å². The second-order valence-corrected chi connectivity index (χ2v) is 5.40. The van der Waals surface area contributed by atoms with E-state index in [1.165, 1.54) is 0 Å². The maximum atomic E-state index is 9.46. The molecule has 0 aliphatic carbocycles. The van der Waals surface area contributed by atoms with Gasteiger partial charge in [0.1, 0.15) is 5.82 Å². The number of rotatable bonds is 1. The Kier molecular flexibility index (Phi) is 2.84. The molecule has 1 atom stereocenters. The van der Waals surface area contributed by atoms with Crippen molar-refractivity contribution in [3.8, 4) is 0 Å². The molecule has 16 heavy (non-hydrogen) atoms. The second kappa shape index (κ2) is 4.01. The molecule has 1 saturated heterocycles. The van der Waals surface area contributed by atoms with Gasteiger partial charge in [0.05, 0.1) is 24.2 Å². The maximum absolute atomic E-state index is 9.46. The SMILES string of the molecule is CC(C)(C)c1ncc(N2CCC(O)C2)cn1. The summed E-state index contributed by atoms with van der Waals surface area (Å²) in [5, 5.41) is 9.46. The summed E-state index contributed by atoms with van der Waals surface area (Å²) in [4.78, 5) is 10.9. The van der Waals surface area contributed by atoms with Crippen LogP contribution in [0.4, 0.5) is 5.69 Å². The molecule has 4 nitrogen and oxygen atoms in total. The fraction of sp³-hybridized carbons (Fsp3) is 0.667. The molecular formula is C12H19N3O. The molecule has 0 saturated carbocycles. The molecule has 0 amide bonds. The van der Waals surface area contributed by atoms with Gasteiger partial charge in [-0.1, -0.05) is 20.8 Å². The van der Waals surface area contributed by atoms with Gasteiger partial charge < -0.3 is 10.0 Å². The van der Waals surface area contributed by atoms with Crippen molar-refractivity contribution in [2.75, 3.05) is 18.0 Å². The predicted molar refractivity (Wildman–Crippen MR) is 63.6 cm³/mol. The van der Waals surface area contributed by atoms with Gasteiger partial charge in [-0.2, -0.15) is 0 Å². The van der Waals surface area contributed by atoms with Crippen molar-refractivity contribution in [2.24, 2.45) is 0 Å². The topological polar surface area (TPSA) is 49.2 Å². The van der Waals surface area contributed by atoms with E-state index in [4.69, 9.17) is 0 Å². The first-order chi connectivity index (χ1) is 7.47. The lowest BCUT2D eigenvalue weighted by molar-refractivity contribution is 0.198. The van der Waals surface area contributed by atoms with E-state index >= 15 is 0 Å². The largest absolute Gasteiger partial charge is 0.391 e. The minimum atomic E-state index is -0.206. The molecule has 0 radical (unpaired) electrons. The first-order valence-electron chi connectivity index (χ1n) is 5.72. The fourth-order valence-corrected chi connectivity index (χ4v) is 1.85. The van der Waals surface area contributed by atoms with E-state index in [0.29, 0.717) is 6.54 Å². The van der Waals surface area contributed by atoms with Gasteiger partial charge in [-0.15, -0.1) is 0 Å². The molecule has 2 heterocycles. The van der Waals surface area contributed by atoms with Gasteiger partial charge >= 0.3 is 0 Å². The molecule has 0 aromatic carbocycles. The fourth-order valence-electron chi connectivity index (χ4n) is 1.85. The van der Waals surface area contributed by atoms with Crippen molar-refractivity contribution in [2.45, 2.75) is 38.7 Å². The van der Waals surface area contributed by atoms with Crippen molar-refractivity contribution in [3.05, 3.63) is 18.2 Å². The number of aromatic nitrogens is 2. The number of aliphatic hydroxyl groups excluding tert-OH is 1. The van der Waals surface area contributed by atoms with Crippen LogP contribution in [0.15, 0.2) is 12.4 Å². The smallest absolute Gasteiger partial charge is 0.133 e. The van der Waals surface area contributed by atoms with E-state index in [0.717, 1.165) is 24.5 Å². The molecule has 1 unspecified atom stereocenters. The Hall–Kier alpha value is -1.16. The molecule has 1 fully saturated rings. The highest BCUT2D eigenvalue weighted by atomic mass is 16.3. The lowest BCUT2D eigenvalue weighted by atomic mass is 9.96. The molecule has 0 spiro atoms. The average Bonchev–Trinajstić information content (AvgIpc) is 2.64. The Labute approximate surface area is 96.3 Å². The summed E-state index contributed by atoms with van der Waals surface area (Å²) in [5.74, 6) is 0.857. The summed E-state index contributed by atoms with van der Waals surface area (Å²) in [6, 6.07) is 0. The van der Waals surface area contributed by atoms with Gasteiger partial charge in [0.2, 0.25) is 0 Å². The lowest BCUT2D eigenvalue weighted by Gasteiger charge is -2.20. The Morgan fingerprint density at radius 3 is 2.38 bits per heavy atom. The molecule has 4 heteroatoms. The third-order valence-electron chi connectivity index (χ3n) is 2.84. The van der Waals surface area contributed by atoms with Crippen LogP contribution in [0.25, 0.3) is 0 Å². The summed E-state index contributed by atoms with van der Waals surface area (Å²) in [6.45, 7) is 7.88. The zero-order chi connectivity index (χ0) is 11.8. The first kappa shape index (κ1) is 11.3. The molecule has 1 aromatic heterocycles. The minimum Gasteiger partial charge on any atom is -0.391 e. The highest BCUT2D eigenvalue weighted by molar-refractivity contribution is 5.43. The van der Waals surface area contributed by atoms with Crippen LogP contribution in [-0.4, -0.2) is 34.3 Å². The van der Waals surface area contributed by atoms with Crippen molar-refractivity contribution < 1.29 is 5.11 Å². The van der Waals surface area contributed by atoms with Crippen LogP contribution in [0, 0.1) is 0 Å². The quantitative estimate of drug-likeness (QED) is 0.777. The standard InChI is InChI=1S/C12H19N3O/c1-12(2,3)11-13-6-9(7-14-11)15-5-4-10(16)8-15/h6-7,10,16H,4-5,8H2,1-3H3. The van der Waals surface area contributed by atoms with Crippen LogP contribution in [0.2, 0.25) is 0 Å². The molecule has 1 aromatic rings. The van der Waals surface area contributed by atoms with Gasteiger partial charge in [-0.3, -0.25) is 0 Å². The molecule has 1 aliphatic heterocycles. The summed E-state index contributed by atoms with van der Waals surface area (Å²) < 4.78 is 0. The Morgan fingerprint density at radius 2 is 1.94 bits per heavy atom. The predicted octanol–water partition coefficient (Wildman–Crippen LogP) is 1.35. The van der Waals surface area contributed by atoms with Crippen LogP contribution >= 0.6 is 0 Å². The average molecular weight is 221 g/mol. The van der Waals surface area contributed by atoms with Crippen LogP contribution < -0.4 is 4.90 Å². The Bertz CT molecular complexity index is 356. The van der Waals surface area contributed by atoms with E-state index in [-0.39, 0.29) is 11.5 Å². The van der Waals surface area contributed by atoms with Crippen LogP contribution in [0.5, 0.6) is 0 Å². The van der Waals surface area contributed by atoms with Crippen LogP contribution in [-0.2, 0) is 5.41 Å². The minimum absolute atomic E-state index is 0.0109. The molecule has 2 rings (SSSR count). The first-order valence-corrected chi connectivity index (χ1v) is 5.72. The number of nitrogens with zero attached hydrogens (tertiary/aromatic N) is 3. The lowest BCUT2D eigenvalue weighted by Crippen LogP contribution is -2.22. The Balaban J connectivity index is 2.14. The van der Waals surface area contributed by atoms with Gasteiger partial charge in [0.15, 0.2) is 0 Å². The van der Waals surface area contributed by atoms with Gasteiger partial charge in [-0.05, 0) is 6.42 Å². The maximum Gasteiger partial charge on any atom is 0.133 e. The molecule has 0 bridgehead atoms. The number of anilines is 1. The van der Waals surface area contributed by atoms with Gasteiger partial charge in [0, 0.05) is 18.5 Å². The van der Waals surface area contributed by atoms with Crippen molar-refractivity contribution in [3.63, 3.8) is 0 Å². The third-order valence-corrected chi connectivity index (χ3v) is 2.84. The Morgan fingerprint density at radius 1 is 1.31 bits per heavy atom. The number of β-amino-alcohol motifs (C(OH)–C–C–N with tert-alkyl or cyclic N) is 1. The third kappa shape index (κ3) is 2.32. The summed E-state index contributed by atoms with van der Waals surface area (Å²) >= 11 is 0. The number of aliphatic hydroxyl groups is 1. The molecule has 1 aliphatic rings. The highest BCUT2D eigenvalue weighted by Gasteiger charge is 2.22. The zero-order valence-electron chi connectivity index (χ0n) is 10.1. The van der Waals surface area contributed by atoms with Crippen LogP contribution in [0.1, 0.15) is 33.0 Å². The van der Waals surface area contributed by atoms with Crippen molar-refractivity contribution in [1.29, 1.82) is 0 Å². The van der Waals surface area contributed by atoms with Crippen LogP contribution in [0.3, 0.4) is 0 Å². The highest BCUT2D eigenvalue weighted by Crippen LogP contribution is 2.22. The molecule has 88 valence electrons. The molecule has 1 N–H and O–H groups in total. The molecular weight excluding hydrogens is 202 g/mol. The normalized spacial score (nSPS) is 21.5. The summed E-state index contributed by atoms with van der Waals surface area (Å²) in [7, 11) is 0. The second-order valence-electron chi connectivity index (χ2n) is 5.40. The van der Waals surface area contributed by atoms with Crippen molar-refractivity contribution in [1.82, 2.24) is 9.97 Å². The number of hydrogen-bond donors (Lipinski definition) is 1. The van der Waals surface area contributed by atoms with E-state index in [9.17, 15) is 5.11 Å². The van der Waals surface area contributed by atoms with E-state index in [2.05, 4.69) is 35.6 Å². The summed E-state index contributed by atoms with van der Waals surface area (Å²) in [5.41, 5.74) is 0.993.